The molecule has 4 nitrogen and oxygen atoms in total. The van der Waals surface area contributed by atoms with Crippen molar-refractivity contribution in [3.63, 3.8) is 0 Å². The molecule has 0 bridgehead atoms. The molecule has 0 radical (unpaired) electrons. The molecule has 0 fully saturated rings. The number of benzene rings is 1. The molecule has 0 aromatic heterocycles. The van der Waals surface area contributed by atoms with Crippen LogP contribution in [-0.4, -0.2) is 26.5 Å². The van der Waals surface area contributed by atoms with Gasteiger partial charge in [-0.05, 0) is 18.4 Å². The standard InChI is InChI=1S/C11H14O4/c12-5-7-2-1-6-3-4-8(13)11(15)9(6)10(7)14/h1-2,8,11-15H,3-5H2/t8-,11-/m1/s1. The maximum Gasteiger partial charge on any atom is 0.127 e. The maximum atomic E-state index is 9.79. The third kappa shape index (κ3) is 1.61. The zero-order chi connectivity index (χ0) is 11.0. The zero-order valence-electron chi connectivity index (χ0n) is 8.22. The van der Waals surface area contributed by atoms with Crippen LogP contribution in [0.2, 0.25) is 0 Å². The molecule has 1 aliphatic rings. The number of hydrogen-bond acceptors (Lipinski definition) is 4. The van der Waals surface area contributed by atoms with Crippen molar-refractivity contribution in [2.75, 3.05) is 0 Å². The molecule has 2 atom stereocenters. The highest BCUT2D eigenvalue weighted by atomic mass is 16.3. The predicted molar refractivity (Wildman–Crippen MR) is 53.3 cm³/mol. The summed E-state index contributed by atoms with van der Waals surface area (Å²) in [5.74, 6) is -0.0961. The van der Waals surface area contributed by atoms with Gasteiger partial charge in [-0.2, -0.15) is 0 Å². The van der Waals surface area contributed by atoms with Gasteiger partial charge >= 0.3 is 0 Å². The first-order valence-corrected chi connectivity index (χ1v) is 4.95. The van der Waals surface area contributed by atoms with Crippen molar-refractivity contribution >= 4 is 0 Å². The SMILES string of the molecule is OCc1ccc2c(c1O)[C@H](O)[C@H](O)CC2. The Balaban J connectivity index is 2.53. The molecular weight excluding hydrogens is 196 g/mol. The smallest absolute Gasteiger partial charge is 0.127 e. The van der Waals surface area contributed by atoms with Gasteiger partial charge in [-0.15, -0.1) is 0 Å². The Hall–Kier alpha value is -1.10. The molecule has 82 valence electrons. The second-order valence-electron chi connectivity index (χ2n) is 3.86. The molecule has 0 amide bonds. The van der Waals surface area contributed by atoms with Gasteiger partial charge in [-0.1, -0.05) is 12.1 Å². The summed E-state index contributed by atoms with van der Waals surface area (Å²) in [6, 6.07) is 3.41. The monoisotopic (exact) mass is 210 g/mol. The Morgan fingerprint density at radius 2 is 2.00 bits per heavy atom. The molecule has 0 heterocycles. The van der Waals surface area contributed by atoms with Gasteiger partial charge in [0.05, 0.1) is 12.7 Å². The van der Waals surface area contributed by atoms with Gasteiger partial charge in [0.15, 0.2) is 0 Å². The van der Waals surface area contributed by atoms with Gasteiger partial charge in [-0.3, -0.25) is 0 Å². The number of phenols is 1. The molecular formula is C11H14O4. The van der Waals surface area contributed by atoms with Crippen LogP contribution in [0.3, 0.4) is 0 Å². The Labute approximate surface area is 87.4 Å². The summed E-state index contributed by atoms with van der Waals surface area (Å²) in [6.07, 6.45) is -0.767. The fourth-order valence-electron chi connectivity index (χ4n) is 2.02. The summed E-state index contributed by atoms with van der Waals surface area (Å²) in [5.41, 5.74) is 1.57. The molecule has 0 spiro atoms. The normalized spacial score (nSPS) is 25.0. The first-order valence-electron chi connectivity index (χ1n) is 4.95. The van der Waals surface area contributed by atoms with Crippen molar-refractivity contribution in [1.82, 2.24) is 0 Å². The summed E-state index contributed by atoms with van der Waals surface area (Å²) in [6.45, 7) is -0.276. The molecule has 15 heavy (non-hydrogen) atoms. The van der Waals surface area contributed by atoms with Crippen molar-refractivity contribution in [3.05, 3.63) is 28.8 Å². The van der Waals surface area contributed by atoms with Gasteiger partial charge < -0.3 is 20.4 Å². The van der Waals surface area contributed by atoms with E-state index in [0.717, 1.165) is 5.56 Å². The predicted octanol–water partition coefficient (Wildman–Crippen LogP) is 0.225. The summed E-state index contributed by atoms with van der Waals surface area (Å²) in [5, 5.41) is 38.0. The van der Waals surface area contributed by atoms with Gasteiger partial charge in [0.1, 0.15) is 11.9 Å². The van der Waals surface area contributed by atoms with Crippen LogP contribution in [0, 0.1) is 0 Å². The Morgan fingerprint density at radius 3 is 2.67 bits per heavy atom. The van der Waals surface area contributed by atoms with E-state index in [-0.39, 0.29) is 12.4 Å². The van der Waals surface area contributed by atoms with E-state index in [1.54, 1.807) is 12.1 Å². The lowest BCUT2D eigenvalue weighted by Gasteiger charge is -2.27. The second kappa shape index (κ2) is 3.81. The van der Waals surface area contributed by atoms with Crippen LogP contribution in [0.5, 0.6) is 5.75 Å². The molecule has 0 unspecified atom stereocenters. The first kappa shape index (κ1) is 10.4. The topological polar surface area (TPSA) is 80.9 Å². The minimum Gasteiger partial charge on any atom is -0.507 e. The van der Waals surface area contributed by atoms with Crippen molar-refractivity contribution < 1.29 is 20.4 Å². The Morgan fingerprint density at radius 1 is 1.27 bits per heavy atom. The van der Waals surface area contributed by atoms with Crippen molar-refractivity contribution in [3.8, 4) is 5.75 Å². The third-order valence-electron chi connectivity index (χ3n) is 2.93. The average Bonchev–Trinajstić information content (AvgIpc) is 2.24. The van der Waals surface area contributed by atoms with Crippen molar-refractivity contribution in [2.45, 2.75) is 31.7 Å². The van der Waals surface area contributed by atoms with E-state index in [9.17, 15) is 15.3 Å². The average molecular weight is 210 g/mol. The van der Waals surface area contributed by atoms with E-state index in [4.69, 9.17) is 5.11 Å². The summed E-state index contributed by atoms with van der Waals surface area (Å²) < 4.78 is 0. The highest BCUT2D eigenvalue weighted by molar-refractivity contribution is 5.48. The van der Waals surface area contributed by atoms with Crippen LogP contribution < -0.4 is 0 Å². The highest BCUT2D eigenvalue weighted by Gasteiger charge is 2.29. The lowest BCUT2D eigenvalue weighted by atomic mass is 9.85. The van der Waals surface area contributed by atoms with Gasteiger partial charge in [0, 0.05) is 11.1 Å². The Kier molecular flexibility index (Phi) is 2.65. The van der Waals surface area contributed by atoms with Crippen molar-refractivity contribution in [1.29, 1.82) is 0 Å². The van der Waals surface area contributed by atoms with Crippen LogP contribution in [0.4, 0.5) is 0 Å². The fraction of sp³-hybridized carbons (Fsp3) is 0.455. The summed E-state index contributed by atoms with van der Waals surface area (Å²) in [4.78, 5) is 0. The number of aryl methyl sites for hydroxylation is 1. The summed E-state index contributed by atoms with van der Waals surface area (Å²) in [7, 11) is 0. The number of aliphatic hydroxyl groups excluding tert-OH is 3. The number of rotatable bonds is 1. The number of fused-ring (bicyclic) bond motifs is 1. The fourth-order valence-corrected chi connectivity index (χ4v) is 2.02. The van der Waals surface area contributed by atoms with E-state index >= 15 is 0 Å². The second-order valence-corrected chi connectivity index (χ2v) is 3.86. The molecule has 1 aromatic rings. The van der Waals surface area contributed by atoms with Crippen LogP contribution >= 0.6 is 0 Å². The maximum absolute atomic E-state index is 9.79. The van der Waals surface area contributed by atoms with Crippen LogP contribution in [0.25, 0.3) is 0 Å². The molecule has 4 N–H and O–H groups in total. The highest BCUT2D eigenvalue weighted by Crippen LogP contribution is 2.38. The van der Waals surface area contributed by atoms with Crippen molar-refractivity contribution in [2.24, 2.45) is 0 Å². The van der Waals surface area contributed by atoms with Crippen LogP contribution in [-0.2, 0) is 13.0 Å². The van der Waals surface area contributed by atoms with Crippen LogP contribution in [0.15, 0.2) is 12.1 Å². The van der Waals surface area contributed by atoms with E-state index in [1.165, 1.54) is 0 Å². The zero-order valence-corrected chi connectivity index (χ0v) is 8.22. The largest absolute Gasteiger partial charge is 0.507 e. The molecule has 0 saturated carbocycles. The third-order valence-corrected chi connectivity index (χ3v) is 2.93. The molecule has 0 saturated heterocycles. The number of hydrogen-bond donors (Lipinski definition) is 4. The molecule has 1 aromatic carbocycles. The molecule has 0 aliphatic heterocycles. The van der Waals surface area contributed by atoms with Gasteiger partial charge in [0.25, 0.3) is 0 Å². The van der Waals surface area contributed by atoms with E-state index < -0.39 is 12.2 Å². The van der Waals surface area contributed by atoms with E-state index in [0.29, 0.717) is 24.0 Å². The van der Waals surface area contributed by atoms with Crippen LogP contribution in [0.1, 0.15) is 29.2 Å². The lowest BCUT2D eigenvalue weighted by Crippen LogP contribution is -2.25. The Bertz CT molecular complexity index is 375. The number of aromatic hydroxyl groups is 1. The molecule has 4 heteroatoms. The first-order chi connectivity index (χ1) is 7.15. The minimum atomic E-state index is -1.06. The van der Waals surface area contributed by atoms with Gasteiger partial charge in [-0.25, -0.2) is 0 Å². The van der Waals surface area contributed by atoms with Gasteiger partial charge in [0.2, 0.25) is 0 Å². The molecule has 1 aliphatic carbocycles. The number of aliphatic hydroxyl groups is 3. The summed E-state index contributed by atoms with van der Waals surface area (Å²) >= 11 is 0. The quantitative estimate of drug-likeness (QED) is 0.534. The lowest BCUT2D eigenvalue weighted by molar-refractivity contribution is 0.00490. The molecule has 2 rings (SSSR count). The van der Waals surface area contributed by atoms with E-state index in [1.807, 2.05) is 0 Å². The minimum absolute atomic E-state index is 0.0961. The van der Waals surface area contributed by atoms with E-state index in [2.05, 4.69) is 0 Å².